The van der Waals surface area contributed by atoms with E-state index in [0.29, 0.717) is 23.5 Å². The maximum atomic E-state index is 12.1. The summed E-state index contributed by atoms with van der Waals surface area (Å²) in [5.74, 6) is 0.801. The zero-order valence-corrected chi connectivity index (χ0v) is 25.2. The fraction of sp³-hybridized carbons (Fsp3) is 0.486. The van der Waals surface area contributed by atoms with E-state index in [2.05, 4.69) is 6.92 Å². The molecule has 0 aromatic heterocycles. The molecule has 1 aliphatic heterocycles. The number of fused-ring (bicyclic) bond motifs is 5. The molecular weight excluding hydrogens is 548 g/mol. The smallest absolute Gasteiger partial charge is 0.207 e. The zero-order valence-electron chi connectivity index (χ0n) is 25.2. The van der Waals surface area contributed by atoms with Crippen molar-refractivity contribution in [2.45, 2.75) is 95.4 Å². The van der Waals surface area contributed by atoms with E-state index in [1.165, 1.54) is 7.11 Å². The molecule has 3 aliphatic rings. The topological polar surface area (TPSA) is 118 Å². The summed E-state index contributed by atoms with van der Waals surface area (Å²) in [5, 5.41) is 44.4. The Balaban J connectivity index is 1.49. The molecular formula is C35H42O8. The average Bonchev–Trinajstić information content (AvgIpc) is 3.52. The van der Waals surface area contributed by atoms with E-state index in [1.807, 2.05) is 18.2 Å². The van der Waals surface area contributed by atoms with Crippen LogP contribution in [-0.2, 0) is 12.8 Å². The van der Waals surface area contributed by atoms with Crippen LogP contribution in [0.1, 0.15) is 92.6 Å². The molecule has 3 aromatic carbocycles. The van der Waals surface area contributed by atoms with Gasteiger partial charge in [0.25, 0.3) is 0 Å². The largest absolute Gasteiger partial charge is 0.508 e. The fourth-order valence-electron chi connectivity index (χ4n) is 7.30. The molecule has 1 fully saturated rings. The van der Waals surface area contributed by atoms with Crippen molar-refractivity contribution in [1.29, 1.82) is 0 Å². The number of aliphatic hydroxyl groups is 1. The molecule has 6 rings (SSSR count). The average molecular weight is 591 g/mol. The standard InChI is InChI=1S/C35H42O8/c1-4-5-6-11-24-30-23-14-12-19-16-20(36)13-15-22(19)29(23)26(40-2)18-27(30)43-34(31(24)37)25-17-28(42-21-9-7-8-10-21)33(39)35(41-3)32(25)38/h13,15-18,21,24,31,34,36-39H,4-12,14H2,1-3H3/t24-,31+,34-/m0/s1. The highest BCUT2D eigenvalue weighted by molar-refractivity contribution is 5.82. The van der Waals surface area contributed by atoms with Gasteiger partial charge in [-0.15, -0.1) is 0 Å². The summed E-state index contributed by atoms with van der Waals surface area (Å²) in [6.07, 6.45) is 7.16. The summed E-state index contributed by atoms with van der Waals surface area (Å²) in [7, 11) is 3.02. The van der Waals surface area contributed by atoms with Gasteiger partial charge in [-0.1, -0.05) is 32.3 Å². The van der Waals surface area contributed by atoms with Crippen LogP contribution in [0.5, 0.6) is 40.2 Å². The number of methoxy groups -OCH3 is 2. The van der Waals surface area contributed by atoms with Crippen LogP contribution in [0.4, 0.5) is 0 Å². The number of phenolic OH excluding ortho intramolecular Hbond substituents is 3. The third-order valence-corrected chi connectivity index (χ3v) is 9.42. The molecule has 0 radical (unpaired) electrons. The number of phenols is 3. The van der Waals surface area contributed by atoms with Gasteiger partial charge in [-0.25, -0.2) is 0 Å². The number of hydrogen-bond donors (Lipinski definition) is 4. The van der Waals surface area contributed by atoms with Gasteiger partial charge < -0.3 is 39.4 Å². The first-order valence-electron chi connectivity index (χ1n) is 15.6. The van der Waals surface area contributed by atoms with Crippen LogP contribution in [0.25, 0.3) is 11.1 Å². The third-order valence-electron chi connectivity index (χ3n) is 9.42. The fourth-order valence-corrected chi connectivity index (χ4v) is 7.30. The van der Waals surface area contributed by atoms with Crippen LogP contribution in [-0.4, -0.2) is 46.9 Å². The quantitative estimate of drug-likeness (QED) is 0.196. The lowest BCUT2D eigenvalue weighted by Crippen LogP contribution is -2.36. The first kappa shape index (κ1) is 29.3. The van der Waals surface area contributed by atoms with E-state index < -0.39 is 12.2 Å². The van der Waals surface area contributed by atoms with Crippen LogP contribution in [0, 0.1) is 0 Å². The Morgan fingerprint density at radius 3 is 2.42 bits per heavy atom. The van der Waals surface area contributed by atoms with Crippen molar-refractivity contribution in [3.63, 3.8) is 0 Å². The Morgan fingerprint density at radius 2 is 1.70 bits per heavy atom. The van der Waals surface area contributed by atoms with Crippen molar-refractivity contribution in [3.8, 4) is 51.4 Å². The highest BCUT2D eigenvalue weighted by Gasteiger charge is 2.43. The molecule has 3 aromatic rings. The SMILES string of the molecule is CCCCC[C@H]1c2c(cc(OC)c3c2CCc2cc(O)ccc2-3)O[C@@H](c2cc(OC3CCCC3)c(O)c(OC)c2O)[C@@H]1O. The molecule has 0 amide bonds. The van der Waals surface area contributed by atoms with Crippen LogP contribution in [0.15, 0.2) is 30.3 Å². The summed E-state index contributed by atoms with van der Waals surface area (Å²) in [6, 6.07) is 8.90. The second-order valence-electron chi connectivity index (χ2n) is 12.0. The van der Waals surface area contributed by atoms with Crippen molar-refractivity contribution in [1.82, 2.24) is 0 Å². The molecule has 3 atom stereocenters. The maximum absolute atomic E-state index is 12.1. The molecule has 230 valence electrons. The van der Waals surface area contributed by atoms with Gasteiger partial charge in [-0.2, -0.15) is 0 Å². The van der Waals surface area contributed by atoms with E-state index in [-0.39, 0.29) is 40.8 Å². The van der Waals surface area contributed by atoms with Crippen molar-refractivity contribution < 1.29 is 39.4 Å². The van der Waals surface area contributed by atoms with E-state index in [0.717, 1.165) is 85.6 Å². The molecule has 0 bridgehead atoms. The van der Waals surface area contributed by atoms with Crippen molar-refractivity contribution in [2.75, 3.05) is 14.2 Å². The lowest BCUT2D eigenvalue weighted by molar-refractivity contribution is -0.00473. The van der Waals surface area contributed by atoms with Crippen LogP contribution in [0.3, 0.4) is 0 Å². The van der Waals surface area contributed by atoms with E-state index in [9.17, 15) is 20.4 Å². The lowest BCUT2D eigenvalue weighted by Gasteiger charge is -2.40. The van der Waals surface area contributed by atoms with E-state index >= 15 is 0 Å². The molecule has 4 N–H and O–H groups in total. The van der Waals surface area contributed by atoms with Crippen LogP contribution in [0.2, 0.25) is 0 Å². The molecule has 1 saturated carbocycles. The van der Waals surface area contributed by atoms with Gasteiger partial charge >= 0.3 is 0 Å². The Bertz CT molecular complexity index is 1490. The monoisotopic (exact) mass is 590 g/mol. The molecule has 8 nitrogen and oxygen atoms in total. The number of rotatable bonds is 9. The number of aromatic hydroxyl groups is 3. The van der Waals surface area contributed by atoms with Gasteiger partial charge in [0.05, 0.1) is 20.3 Å². The molecule has 0 unspecified atom stereocenters. The molecule has 43 heavy (non-hydrogen) atoms. The van der Waals surface area contributed by atoms with E-state index in [1.54, 1.807) is 19.2 Å². The zero-order chi connectivity index (χ0) is 30.2. The third kappa shape index (κ3) is 5.20. The normalized spacial score (nSPS) is 21.0. The van der Waals surface area contributed by atoms with Gasteiger partial charge in [0.15, 0.2) is 17.6 Å². The second-order valence-corrected chi connectivity index (χ2v) is 12.0. The molecule has 8 heteroatoms. The van der Waals surface area contributed by atoms with E-state index in [4.69, 9.17) is 18.9 Å². The summed E-state index contributed by atoms with van der Waals surface area (Å²) in [6.45, 7) is 2.16. The second kappa shape index (κ2) is 12.1. The summed E-state index contributed by atoms with van der Waals surface area (Å²) in [5.41, 5.74) is 5.40. The predicted octanol–water partition coefficient (Wildman–Crippen LogP) is 7.07. The van der Waals surface area contributed by atoms with Gasteiger partial charge in [0.1, 0.15) is 23.4 Å². The minimum Gasteiger partial charge on any atom is -0.508 e. The Morgan fingerprint density at radius 1 is 0.907 bits per heavy atom. The number of benzene rings is 3. The number of aryl methyl sites for hydroxylation is 1. The molecule has 0 spiro atoms. The highest BCUT2D eigenvalue weighted by Crippen LogP contribution is 2.56. The highest BCUT2D eigenvalue weighted by atomic mass is 16.5. The maximum Gasteiger partial charge on any atom is 0.207 e. The first-order valence-corrected chi connectivity index (χ1v) is 15.6. The predicted molar refractivity (Wildman–Crippen MR) is 163 cm³/mol. The summed E-state index contributed by atoms with van der Waals surface area (Å²) < 4.78 is 24.1. The van der Waals surface area contributed by atoms with Gasteiger partial charge in [0.2, 0.25) is 11.5 Å². The summed E-state index contributed by atoms with van der Waals surface area (Å²) in [4.78, 5) is 0. The summed E-state index contributed by atoms with van der Waals surface area (Å²) >= 11 is 0. The van der Waals surface area contributed by atoms with Crippen LogP contribution >= 0.6 is 0 Å². The van der Waals surface area contributed by atoms with Crippen LogP contribution < -0.4 is 18.9 Å². The minimum atomic E-state index is -0.984. The van der Waals surface area contributed by atoms with Crippen molar-refractivity contribution >= 4 is 0 Å². The first-order chi connectivity index (χ1) is 20.9. The minimum absolute atomic E-state index is 0.0340. The molecule has 1 heterocycles. The number of aliphatic hydroxyl groups excluding tert-OH is 1. The Hall–Kier alpha value is -3.78. The Kier molecular flexibility index (Phi) is 8.23. The number of unbranched alkanes of at least 4 members (excludes halogenated alkanes) is 2. The molecule has 0 saturated heterocycles. The lowest BCUT2D eigenvalue weighted by atomic mass is 9.74. The van der Waals surface area contributed by atoms with Gasteiger partial charge in [-0.05, 0) is 79.8 Å². The van der Waals surface area contributed by atoms with Gasteiger partial charge in [0, 0.05) is 28.7 Å². The van der Waals surface area contributed by atoms with Gasteiger partial charge in [-0.3, -0.25) is 0 Å². The van der Waals surface area contributed by atoms with Crippen molar-refractivity contribution in [3.05, 3.63) is 52.6 Å². The number of hydrogen-bond acceptors (Lipinski definition) is 8. The Labute approximate surface area is 252 Å². The molecule has 2 aliphatic carbocycles. The van der Waals surface area contributed by atoms with Crippen molar-refractivity contribution in [2.24, 2.45) is 0 Å². The number of ether oxygens (including phenoxy) is 4.